The van der Waals surface area contributed by atoms with Crippen molar-refractivity contribution >= 4 is 46.7 Å². The number of rotatable bonds is 7. The Hall–Kier alpha value is -2.56. The lowest BCUT2D eigenvalue weighted by atomic mass is 9.53. The lowest BCUT2D eigenvalue weighted by Gasteiger charge is -2.57. The molecule has 1 saturated heterocycles. The van der Waals surface area contributed by atoms with E-state index in [0.29, 0.717) is 27.3 Å². The predicted octanol–water partition coefficient (Wildman–Crippen LogP) is 3.90. The van der Waals surface area contributed by atoms with Crippen LogP contribution in [0.5, 0.6) is 0 Å². The van der Waals surface area contributed by atoms with Crippen molar-refractivity contribution in [3.05, 3.63) is 45.4 Å². The second kappa shape index (κ2) is 9.27. The molecule has 2 aromatic rings. The van der Waals surface area contributed by atoms with Crippen molar-refractivity contribution < 1.29 is 19.2 Å². The summed E-state index contributed by atoms with van der Waals surface area (Å²) in [6.45, 7) is 0.794. The van der Waals surface area contributed by atoms with Crippen LogP contribution in [0.25, 0.3) is 0 Å². The molecular formula is C28H30N4O4S2. The van der Waals surface area contributed by atoms with Crippen LogP contribution in [-0.4, -0.2) is 45.1 Å². The van der Waals surface area contributed by atoms with Crippen molar-refractivity contribution in [1.82, 2.24) is 20.5 Å². The zero-order valence-electron chi connectivity index (χ0n) is 21.0. The smallest absolute Gasteiger partial charge is 0.263 e. The van der Waals surface area contributed by atoms with Crippen molar-refractivity contribution in [1.29, 1.82) is 0 Å². The zero-order valence-corrected chi connectivity index (χ0v) is 22.7. The Bertz CT molecular complexity index is 1320. The monoisotopic (exact) mass is 550 g/mol. The fourth-order valence-corrected chi connectivity index (χ4v) is 9.73. The summed E-state index contributed by atoms with van der Waals surface area (Å²) in [6, 6.07) is 4.28. The van der Waals surface area contributed by atoms with E-state index in [1.54, 1.807) is 23.5 Å². The van der Waals surface area contributed by atoms with E-state index in [0.717, 1.165) is 39.9 Å². The Labute approximate surface area is 229 Å². The highest BCUT2D eigenvalue weighted by Gasteiger charge is 2.50. The standard InChI is InChI=1S/C28H30N4O4S2/c33-22-5-4-20(25(34)31-22)32-26(35)19-2-1-3-21(24(19)27(32)36)37-14-23-30-18(13-38-23)12-29-28-9-15-6-16(10-28)8-17(7-15)11-28/h1-3,13,15-17,20,29H,4-12,14H2,(H,31,33,34). The minimum absolute atomic E-state index is 0.107. The Kier molecular flexibility index (Phi) is 5.97. The summed E-state index contributed by atoms with van der Waals surface area (Å²) >= 11 is 3.11. The molecule has 8 rings (SSSR count). The van der Waals surface area contributed by atoms with Crippen molar-refractivity contribution in [3.8, 4) is 0 Å². The average molecular weight is 551 g/mol. The Morgan fingerprint density at radius 1 is 1.05 bits per heavy atom. The topological polar surface area (TPSA) is 108 Å². The van der Waals surface area contributed by atoms with Gasteiger partial charge in [0, 0.05) is 28.8 Å². The van der Waals surface area contributed by atoms with Crippen LogP contribution in [0.1, 0.15) is 82.8 Å². The second-order valence-corrected chi connectivity index (χ2v) is 13.7. The lowest BCUT2D eigenvalue weighted by Crippen LogP contribution is -2.58. The Morgan fingerprint density at radius 3 is 2.50 bits per heavy atom. The number of aromatic nitrogens is 1. The van der Waals surface area contributed by atoms with Gasteiger partial charge in [0.15, 0.2) is 0 Å². The number of carbonyl (C=O) groups excluding carboxylic acids is 4. The molecule has 4 bridgehead atoms. The van der Waals surface area contributed by atoms with E-state index in [9.17, 15) is 19.2 Å². The molecule has 198 valence electrons. The van der Waals surface area contributed by atoms with Crippen LogP contribution < -0.4 is 10.6 Å². The summed E-state index contributed by atoms with van der Waals surface area (Å²) in [5.74, 6) is 1.39. The van der Waals surface area contributed by atoms with Crippen LogP contribution in [0.4, 0.5) is 0 Å². The minimum atomic E-state index is -0.957. The molecule has 8 nitrogen and oxygen atoms in total. The van der Waals surface area contributed by atoms with Crippen LogP contribution in [0.2, 0.25) is 0 Å². The lowest BCUT2D eigenvalue weighted by molar-refractivity contribution is -0.136. The highest BCUT2D eigenvalue weighted by atomic mass is 32.2. The number of hydrogen-bond acceptors (Lipinski definition) is 8. The number of fused-ring (bicyclic) bond motifs is 1. The summed E-state index contributed by atoms with van der Waals surface area (Å²) in [5.41, 5.74) is 2.02. The first-order valence-electron chi connectivity index (χ1n) is 13.5. The third-order valence-electron chi connectivity index (χ3n) is 9.06. The van der Waals surface area contributed by atoms with E-state index in [1.165, 1.54) is 50.3 Å². The Morgan fingerprint density at radius 2 is 1.79 bits per heavy atom. The van der Waals surface area contributed by atoms with Gasteiger partial charge in [-0.15, -0.1) is 23.1 Å². The van der Waals surface area contributed by atoms with Gasteiger partial charge < -0.3 is 5.32 Å². The summed E-state index contributed by atoms with van der Waals surface area (Å²) < 4.78 is 0. The highest BCUT2D eigenvalue weighted by Crippen LogP contribution is 2.55. The van der Waals surface area contributed by atoms with Gasteiger partial charge in [0.05, 0.1) is 22.6 Å². The number of piperidine rings is 1. The SMILES string of the molecule is O=C1CCC(N2C(=O)c3cccc(SCc4nc(CNC56CC7CC(CC(C7)C5)C6)cs4)c3C2=O)C(=O)N1. The summed E-state index contributed by atoms with van der Waals surface area (Å²) in [4.78, 5) is 56.9. The van der Waals surface area contributed by atoms with Gasteiger partial charge >= 0.3 is 0 Å². The second-order valence-electron chi connectivity index (χ2n) is 11.7. The average Bonchev–Trinajstić information content (AvgIpc) is 3.44. The molecule has 1 atom stereocenters. The van der Waals surface area contributed by atoms with E-state index >= 15 is 0 Å². The molecule has 38 heavy (non-hydrogen) atoms. The largest absolute Gasteiger partial charge is 0.306 e. The number of benzene rings is 1. The number of thiazole rings is 1. The predicted molar refractivity (Wildman–Crippen MR) is 143 cm³/mol. The molecule has 6 aliphatic rings. The Balaban J connectivity index is 1.01. The molecule has 4 amide bonds. The number of carbonyl (C=O) groups is 4. The van der Waals surface area contributed by atoms with E-state index in [2.05, 4.69) is 16.0 Å². The van der Waals surface area contributed by atoms with Crippen LogP contribution in [0.15, 0.2) is 28.5 Å². The normalized spacial score (nSPS) is 31.7. The van der Waals surface area contributed by atoms with Crippen molar-refractivity contribution in [2.75, 3.05) is 0 Å². The van der Waals surface area contributed by atoms with Gasteiger partial charge in [-0.25, -0.2) is 4.98 Å². The number of thioether (sulfide) groups is 1. The fraction of sp³-hybridized carbons (Fsp3) is 0.536. The number of amides is 4. The molecule has 0 radical (unpaired) electrons. The molecule has 3 heterocycles. The first-order chi connectivity index (χ1) is 18.4. The molecular weight excluding hydrogens is 520 g/mol. The third-order valence-corrected chi connectivity index (χ3v) is 11.2. The summed E-state index contributed by atoms with van der Waals surface area (Å²) in [7, 11) is 0. The maximum Gasteiger partial charge on any atom is 0.263 e. The van der Waals surface area contributed by atoms with Gasteiger partial charge in [-0.3, -0.25) is 29.4 Å². The van der Waals surface area contributed by atoms with E-state index in [1.807, 2.05) is 6.07 Å². The minimum Gasteiger partial charge on any atom is -0.306 e. The quantitative estimate of drug-likeness (QED) is 0.398. The molecule has 2 N–H and O–H groups in total. The summed E-state index contributed by atoms with van der Waals surface area (Å²) in [5, 5.41) is 9.26. The van der Waals surface area contributed by atoms with Crippen LogP contribution in [0.3, 0.4) is 0 Å². The third kappa shape index (κ3) is 4.21. The molecule has 5 fully saturated rings. The van der Waals surface area contributed by atoms with E-state index < -0.39 is 23.8 Å². The maximum absolute atomic E-state index is 13.3. The first kappa shape index (κ1) is 24.5. The molecule has 10 heteroatoms. The molecule has 1 aromatic carbocycles. The van der Waals surface area contributed by atoms with E-state index in [-0.39, 0.29) is 18.7 Å². The fourth-order valence-electron chi connectivity index (χ4n) is 7.85. The van der Waals surface area contributed by atoms with Crippen LogP contribution in [-0.2, 0) is 21.9 Å². The molecule has 1 unspecified atom stereocenters. The highest BCUT2D eigenvalue weighted by molar-refractivity contribution is 7.98. The van der Waals surface area contributed by atoms with Crippen molar-refractivity contribution in [2.45, 2.75) is 80.1 Å². The number of imide groups is 2. The number of nitrogens with one attached hydrogen (secondary N) is 2. The number of nitrogens with zero attached hydrogens (tertiary/aromatic N) is 2. The first-order valence-corrected chi connectivity index (χ1v) is 15.4. The molecule has 4 saturated carbocycles. The molecule has 0 spiro atoms. The van der Waals surface area contributed by atoms with E-state index in [4.69, 9.17) is 4.98 Å². The van der Waals surface area contributed by atoms with Crippen molar-refractivity contribution in [2.24, 2.45) is 17.8 Å². The zero-order chi connectivity index (χ0) is 26.0. The van der Waals surface area contributed by atoms with Gasteiger partial charge in [-0.05, 0) is 74.8 Å². The van der Waals surface area contributed by atoms with Crippen molar-refractivity contribution in [3.63, 3.8) is 0 Å². The molecule has 4 aliphatic carbocycles. The molecule has 2 aliphatic heterocycles. The van der Waals surface area contributed by atoms with Crippen LogP contribution in [0, 0.1) is 17.8 Å². The summed E-state index contributed by atoms with van der Waals surface area (Å²) in [6.07, 6.45) is 8.49. The van der Waals surface area contributed by atoms with Gasteiger partial charge in [0.25, 0.3) is 11.8 Å². The van der Waals surface area contributed by atoms with Gasteiger partial charge in [-0.1, -0.05) is 6.07 Å². The molecule has 1 aromatic heterocycles. The maximum atomic E-state index is 13.3. The van der Waals surface area contributed by atoms with Gasteiger partial charge in [0.1, 0.15) is 11.0 Å². The number of hydrogen-bond donors (Lipinski definition) is 2. The van der Waals surface area contributed by atoms with Crippen LogP contribution >= 0.6 is 23.1 Å². The van der Waals surface area contributed by atoms with Gasteiger partial charge in [-0.2, -0.15) is 0 Å². The van der Waals surface area contributed by atoms with Gasteiger partial charge in [0.2, 0.25) is 11.8 Å².